The zero-order valence-corrected chi connectivity index (χ0v) is 14.9. The summed E-state index contributed by atoms with van der Waals surface area (Å²) >= 11 is 1.61. The van der Waals surface area contributed by atoms with Crippen molar-refractivity contribution in [3.8, 4) is 6.07 Å². The number of rotatable bonds is 2. The first-order valence-corrected chi connectivity index (χ1v) is 9.33. The van der Waals surface area contributed by atoms with E-state index in [2.05, 4.69) is 6.07 Å². The largest absolute Gasteiger partial charge is 0.302 e. The van der Waals surface area contributed by atoms with Crippen LogP contribution in [0.5, 0.6) is 0 Å². The fraction of sp³-hybridized carbons (Fsp3) is 0.238. The number of nitrogens with zero attached hydrogens (tertiary/aromatic N) is 2. The number of aryl methyl sites for hydroxylation is 1. The summed E-state index contributed by atoms with van der Waals surface area (Å²) in [5, 5.41) is 12.4. The average molecular weight is 346 g/mol. The van der Waals surface area contributed by atoms with E-state index >= 15 is 0 Å². The molecule has 3 aromatic rings. The fourth-order valence-corrected chi connectivity index (χ4v) is 4.89. The number of hydrogen-bond donors (Lipinski definition) is 0. The van der Waals surface area contributed by atoms with Crippen molar-refractivity contribution in [1.82, 2.24) is 0 Å². The highest BCUT2D eigenvalue weighted by molar-refractivity contribution is 7.16. The lowest BCUT2D eigenvalue weighted by molar-refractivity contribution is 0.0995. The van der Waals surface area contributed by atoms with Crippen LogP contribution in [0.3, 0.4) is 0 Å². The Morgan fingerprint density at radius 3 is 2.72 bits per heavy atom. The fourth-order valence-electron chi connectivity index (χ4n) is 3.59. The summed E-state index contributed by atoms with van der Waals surface area (Å²) < 4.78 is 0. The Kier molecular flexibility index (Phi) is 4.03. The number of thiophene rings is 1. The van der Waals surface area contributed by atoms with Crippen LogP contribution >= 0.6 is 11.3 Å². The monoisotopic (exact) mass is 346 g/mol. The highest BCUT2D eigenvalue weighted by Crippen LogP contribution is 2.40. The predicted molar refractivity (Wildman–Crippen MR) is 102 cm³/mol. The third kappa shape index (κ3) is 2.61. The highest BCUT2D eigenvalue weighted by Gasteiger charge is 2.26. The van der Waals surface area contributed by atoms with Gasteiger partial charge in [-0.1, -0.05) is 36.4 Å². The van der Waals surface area contributed by atoms with Crippen LogP contribution in [0.2, 0.25) is 0 Å². The van der Waals surface area contributed by atoms with Crippen LogP contribution in [0.1, 0.15) is 39.2 Å². The van der Waals surface area contributed by atoms with Crippen LogP contribution in [0.25, 0.3) is 10.8 Å². The second-order valence-electron chi connectivity index (χ2n) is 6.39. The van der Waals surface area contributed by atoms with E-state index in [0.717, 1.165) is 40.6 Å². The SMILES string of the molecule is CN(C(=O)c1cccc2ccccc12)c1sc2c(c1C#N)CCCC2. The second kappa shape index (κ2) is 6.34. The number of hydrogen-bond acceptors (Lipinski definition) is 3. The quantitative estimate of drug-likeness (QED) is 0.660. The van der Waals surface area contributed by atoms with Crippen molar-refractivity contribution in [3.05, 3.63) is 64.0 Å². The Morgan fingerprint density at radius 2 is 1.88 bits per heavy atom. The van der Waals surface area contributed by atoms with Gasteiger partial charge in [0, 0.05) is 17.5 Å². The molecule has 2 aromatic carbocycles. The smallest absolute Gasteiger partial charge is 0.259 e. The summed E-state index contributed by atoms with van der Waals surface area (Å²) in [4.78, 5) is 16.1. The molecule has 4 heteroatoms. The first-order chi connectivity index (χ1) is 12.2. The van der Waals surface area contributed by atoms with Gasteiger partial charge in [0.15, 0.2) is 0 Å². The maximum atomic E-state index is 13.2. The Balaban J connectivity index is 1.79. The molecule has 0 spiro atoms. The molecule has 25 heavy (non-hydrogen) atoms. The lowest BCUT2D eigenvalue weighted by Gasteiger charge is -2.17. The Bertz CT molecular complexity index is 1010. The minimum atomic E-state index is -0.0631. The number of carbonyl (C=O) groups is 1. The lowest BCUT2D eigenvalue weighted by Crippen LogP contribution is -2.26. The van der Waals surface area contributed by atoms with Crippen LogP contribution < -0.4 is 4.90 Å². The van der Waals surface area contributed by atoms with Crippen LogP contribution in [0.15, 0.2) is 42.5 Å². The molecule has 1 heterocycles. The van der Waals surface area contributed by atoms with Gasteiger partial charge in [-0.2, -0.15) is 5.26 Å². The summed E-state index contributed by atoms with van der Waals surface area (Å²) in [6.07, 6.45) is 4.26. The molecule has 0 radical (unpaired) electrons. The van der Waals surface area contributed by atoms with E-state index in [4.69, 9.17) is 0 Å². The molecule has 0 atom stereocenters. The molecule has 0 aliphatic heterocycles. The van der Waals surface area contributed by atoms with Crippen LogP contribution in [0.4, 0.5) is 5.00 Å². The molecule has 3 nitrogen and oxygen atoms in total. The lowest BCUT2D eigenvalue weighted by atomic mass is 9.96. The molecule has 1 amide bonds. The van der Waals surface area contributed by atoms with Crippen molar-refractivity contribution >= 4 is 33.0 Å². The van der Waals surface area contributed by atoms with Crippen molar-refractivity contribution in [3.63, 3.8) is 0 Å². The van der Waals surface area contributed by atoms with Crippen molar-refractivity contribution < 1.29 is 4.79 Å². The average Bonchev–Trinajstić information content (AvgIpc) is 3.05. The van der Waals surface area contributed by atoms with E-state index in [-0.39, 0.29) is 5.91 Å². The van der Waals surface area contributed by atoms with Crippen molar-refractivity contribution in [2.75, 3.05) is 11.9 Å². The van der Waals surface area contributed by atoms with Gasteiger partial charge in [-0.3, -0.25) is 4.79 Å². The molecular weight excluding hydrogens is 328 g/mol. The molecule has 4 rings (SSSR count). The summed E-state index contributed by atoms with van der Waals surface area (Å²) in [5.41, 5.74) is 2.53. The number of nitriles is 1. The minimum Gasteiger partial charge on any atom is -0.302 e. The standard InChI is InChI=1S/C21H18N2OS/c1-23(21-18(13-22)16-10-4-5-12-19(16)25-21)20(24)17-11-6-8-14-7-2-3-9-15(14)17/h2-3,6-9,11H,4-5,10,12H2,1H3. The summed E-state index contributed by atoms with van der Waals surface area (Å²) in [7, 11) is 1.78. The molecule has 0 bridgehead atoms. The predicted octanol–water partition coefficient (Wildman–Crippen LogP) is 4.93. The van der Waals surface area contributed by atoms with Gasteiger partial charge >= 0.3 is 0 Å². The zero-order valence-electron chi connectivity index (χ0n) is 14.1. The summed E-state index contributed by atoms with van der Waals surface area (Å²) in [6, 6.07) is 16.0. The van der Waals surface area contributed by atoms with E-state index < -0.39 is 0 Å². The molecule has 0 fully saturated rings. The summed E-state index contributed by atoms with van der Waals surface area (Å²) in [5.74, 6) is -0.0631. The maximum absolute atomic E-state index is 13.2. The third-order valence-corrected chi connectivity index (χ3v) is 6.26. The maximum Gasteiger partial charge on any atom is 0.259 e. The van der Waals surface area contributed by atoms with Gasteiger partial charge in [0.1, 0.15) is 11.1 Å². The molecule has 124 valence electrons. The van der Waals surface area contributed by atoms with Crippen LogP contribution in [-0.4, -0.2) is 13.0 Å². The summed E-state index contributed by atoms with van der Waals surface area (Å²) in [6.45, 7) is 0. The molecule has 0 saturated carbocycles. The molecule has 1 aliphatic rings. The van der Waals surface area contributed by atoms with Gasteiger partial charge < -0.3 is 4.90 Å². The van der Waals surface area contributed by atoms with Crippen molar-refractivity contribution in [1.29, 1.82) is 5.26 Å². The van der Waals surface area contributed by atoms with E-state index in [0.29, 0.717) is 11.1 Å². The van der Waals surface area contributed by atoms with Gasteiger partial charge in [-0.15, -0.1) is 11.3 Å². The Hall–Kier alpha value is -2.64. The van der Waals surface area contributed by atoms with E-state index in [1.807, 2.05) is 42.5 Å². The molecule has 0 N–H and O–H groups in total. The first-order valence-electron chi connectivity index (χ1n) is 8.51. The van der Waals surface area contributed by atoms with E-state index in [1.54, 1.807) is 23.3 Å². The number of amides is 1. The topological polar surface area (TPSA) is 44.1 Å². The van der Waals surface area contributed by atoms with Gasteiger partial charge in [0.05, 0.1) is 5.56 Å². The number of carbonyl (C=O) groups excluding carboxylic acids is 1. The second-order valence-corrected chi connectivity index (χ2v) is 7.48. The van der Waals surface area contributed by atoms with E-state index in [1.165, 1.54) is 11.3 Å². The van der Waals surface area contributed by atoms with Gasteiger partial charge in [-0.05, 0) is 48.1 Å². The van der Waals surface area contributed by atoms with E-state index in [9.17, 15) is 10.1 Å². The molecule has 0 saturated heterocycles. The van der Waals surface area contributed by atoms with Crippen molar-refractivity contribution in [2.45, 2.75) is 25.7 Å². The van der Waals surface area contributed by atoms with Crippen molar-refractivity contribution in [2.24, 2.45) is 0 Å². The van der Waals surface area contributed by atoms with Crippen LogP contribution in [-0.2, 0) is 12.8 Å². The molecular formula is C21H18N2OS. The molecule has 1 aromatic heterocycles. The van der Waals surface area contributed by atoms with Gasteiger partial charge in [0.2, 0.25) is 0 Å². The Morgan fingerprint density at radius 1 is 1.12 bits per heavy atom. The number of anilines is 1. The normalized spacial score (nSPS) is 13.3. The van der Waals surface area contributed by atoms with Crippen LogP contribution in [0, 0.1) is 11.3 Å². The third-order valence-electron chi connectivity index (χ3n) is 4.89. The van der Waals surface area contributed by atoms with Gasteiger partial charge in [-0.25, -0.2) is 0 Å². The highest BCUT2D eigenvalue weighted by atomic mass is 32.1. The number of benzene rings is 2. The molecule has 1 aliphatic carbocycles. The first kappa shape index (κ1) is 15.9. The zero-order chi connectivity index (χ0) is 17.4. The minimum absolute atomic E-state index is 0.0631. The number of fused-ring (bicyclic) bond motifs is 2. The Labute approximate surface area is 151 Å². The molecule has 0 unspecified atom stereocenters. The van der Waals surface area contributed by atoms with Gasteiger partial charge in [0.25, 0.3) is 5.91 Å².